The third-order valence-electron chi connectivity index (χ3n) is 3.35. The molecule has 2 rings (SSSR count). The summed E-state index contributed by atoms with van der Waals surface area (Å²) in [5.74, 6) is 1.62. The topological polar surface area (TPSA) is 50.4 Å². The van der Waals surface area contributed by atoms with Gasteiger partial charge in [0.05, 0.1) is 6.61 Å². The maximum atomic E-state index is 11.8. The van der Waals surface area contributed by atoms with Crippen molar-refractivity contribution in [3.63, 3.8) is 0 Å². The van der Waals surface area contributed by atoms with E-state index in [4.69, 9.17) is 4.74 Å². The highest BCUT2D eigenvalue weighted by atomic mass is 35.5. The lowest BCUT2D eigenvalue weighted by Gasteiger charge is -2.27. The van der Waals surface area contributed by atoms with Gasteiger partial charge in [-0.3, -0.25) is 4.79 Å². The van der Waals surface area contributed by atoms with E-state index in [1.807, 2.05) is 31.2 Å². The van der Waals surface area contributed by atoms with Crippen LogP contribution in [0.25, 0.3) is 0 Å². The number of carbonyl (C=O) groups is 1. The highest BCUT2D eigenvalue weighted by molar-refractivity contribution is 5.85. The van der Waals surface area contributed by atoms with Gasteiger partial charge in [-0.25, -0.2) is 0 Å². The van der Waals surface area contributed by atoms with E-state index in [0.717, 1.165) is 37.4 Å². The first-order chi connectivity index (χ1) is 9.29. The van der Waals surface area contributed by atoms with E-state index in [1.54, 1.807) is 0 Å². The van der Waals surface area contributed by atoms with Gasteiger partial charge in [-0.2, -0.15) is 0 Å². The lowest BCUT2D eigenvalue weighted by atomic mass is 10.0. The minimum atomic E-state index is 0. The van der Waals surface area contributed by atoms with Gasteiger partial charge in [0.25, 0.3) is 0 Å². The van der Waals surface area contributed by atoms with Crippen molar-refractivity contribution in [3.8, 4) is 5.75 Å². The van der Waals surface area contributed by atoms with E-state index in [2.05, 4.69) is 10.6 Å². The molecule has 0 unspecified atom stereocenters. The lowest BCUT2D eigenvalue weighted by molar-refractivity contribution is -0.121. The molecule has 4 nitrogen and oxygen atoms in total. The largest absolute Gasteiger partial charge is 0.494 e. The molecule has 0 radical (unpaired) electrons. The third kappa shape index (κ3) is 5.02. The van der Waals surface area contributed by atoms with Gasteiger partial charge in [-0.1, -0.05) is 18.2 Å². The SMILES string of the molecule is CCOc1ccccc1CCC(=O)NCC1CNC1.Cl. The van der Waals surface area contributed by atoms with E-state index >= 15 is 0 Å². The van der Waals surface area contributed by atoms with Crippen molar-refractivity contribution in [2.24, 2.45) is 5.92 Å². The van der Waals surface area contributed by atoms with Gasteiger partial charge in [-0.05, 0) is 25.0 Å². The number of benzene rings is 1. The first kappa shape index (κ1) is 16.8. The standard InChI is InChI=1S/C15H22N2O2.ClH/c1-2-19-14-6-4-3-5-13(14)7-8-15(18)17-11-12-9-16-10-12;/h3-6,12,16H,2,7-11H2,1H3,(H,17,18);1H. The van der Waals surface area contributed by atoms with Crippen molar-refractivity contribution in [3.05, 3.63) is 29.8 Å². The number of carbonyl (C=O) groups excluding carboxylic acids is 1. The van der Waals surface area contributed by atoms with E-state index in [-0.39, 0.29) is 18.3 Å². The first-order valence-electron chi connectivity index (χ1n) is 6.97. The zero-order valence-corrected chi connectivity index (χ0v) is 12.7. The summed E-state index contributed by atoms with van der Waals surface area (Å²) in [5, 5.41) is 6.18. The van der Waals surface area contributed by atoms with Crippen LogP contribution >= 0.6 is 12.4 Å². The fourth-order valence-corrected chi connectivity index (χ4v) is 2.09. The van der Waals surface area contributed by atoms with Gasteiger partial charge in [0.2, 0.25) is 5.91 Å². The molecule has 112 valence electrons. The number of hydrogen-bond acceptors (Lipinski definition) is 3. The summed E-state index contributed by atoms with van der Waals surface area (Å²) in [6.07, 6.45) is 1.25. The van der Waals surface area contributed by atoms with Gasteiger partial charge in [0.15, 0.2) is 0 Å². The lowest BCUT2D eigenvalue weighted by Crippen LogP contribution is -2.48. The van der Waals surface area contributed by atoms with Crippen molar-refractivity contribution < 1.29 is 9.53 Å². The van der Waals surface area contributed by atoms with Gasteiger partial charge in [0.1, 0.15) is 5.75 Å². The molecule has 0 saturated carbocycles. The number of rotatable bonds is 7. The number of ether oxygens (including phenoxy) is 1. The maximum Gasteiger partial charge on any atom is 0.220 e. The highest BCUT2D eigenvalue weighted by Crippen LogP contribution is 2.19. The Morgan fingerprint density at radius 2 is 2.15 bits per heavy atom. The molecule has 0 bridgehead atoms. The fourth-order valence-electron chi connectivity index (χ4n) is 2.09. The van der Waals surface area contributed by atoms with Crippen molar-refractivity contribution in [1.29, 1.82) is 0 Å². The number of para-hydroxylation sites is 1. The summed E-state index contributed by atoms with van der Waals surface area (Å²) in [7, 11) is 0. The molecule has 1 saturated heterocycles. The van der Waals surface area contributed by atoms with Crippen LogP contribution in [-0.4, -0.2) is 32.1 Å². The van der Waals surface area contributed by atoms with Gasteiger partial charge < -0.3 is 15.4 Å². The van der Waals surface area contributed by atoms with E-state index in [9.17, 15) is 4.79 Å². The van der Waals surface area contributed by atoms with Crippen LogP contribution in [-0.2, 0) is 11.2 Å². The molecule has 1 aliphatic heterocycles. The Balaban J connectivity index is 0.00000200. The summed E-state index contributed by atoms with van der Waals surface area (Å²) in [6, 6.07) is 7.92. The second-order valence-electron chi connectivity index (χ2n) is 4.87. The monoisotopic (exact) mass is 298 g/mol. The second-order valence-corrected chi connectivity index (χ2v) is 4.87. The second kappa shape index (κ2) is 8.82. The Labute approximate surface area is 126 Å². The Morgan fingerprint density at radius 1 is 1.40 bits per heavy atom. The predicted molar refractivity (Wildman–Crippen MR) is 82.5 cm³/mol. The molecule has 1 aromatic carbocycles. The smallest absolute Gasteiger partial charge is 0.220 e. The minimum Gasteiger partial charge on any atom is -0.494 e. The Kier molecular flexibility index (Phi) is 7.41. The van der Waals surface area contributed by atoms with Crippen LogP contribution in [0, 0.1) is 5.92 Å². The van der Waals surface area contributed by atoms with Crippen LogP contribution in [0.1, 0.15) is 18.9 Å². The maximum absolute atomic E-state index is 11.8. The fraction of sp³-hybridized carbons (Fsp3) is 0.533. The van der Waals surface area contributed by atoms with Crippen molar-refractivity contribution in [2.45, 2.75) is 19.8 Å². The third-order valence-corrected chi connectivity index (χ3v) is 3.35. The summed E-state index contributed by atoms with van der Waals surface area (Å²) < 4.78 is 5.55. The molecular formula is C15H23ClN2O2. The average Bonchev–Trinajstić information content (AvgIpc) is 2.36. The molecule has 1 heterocycles. The molecule has 5 heteroatoms. The van der Waals surface area contributed by atoms with E-state index in [1.165, 1.54) is 0 Å². The number of halogens is 1. The normalized spacial score (nSPS) is 14.1. The zero-order chi connectivity index (χ0) is 13.5. The number of aryl methyl sites for hydroxylation is 1. The van der Waals surface area contributed by atoms with Crippen molar-refractivity contribution in [2.75, 3.05) is 26.2 Å². The minimum absolute atomic E-state index is 0. The molecule has 0 atom stereocenters. The molecule has 0 aromatic heterocycles. The van der Waals surface area contributed by atoms with Gasteiger partial charge in [0, 0.05) is 32.0 Å². The molecular weight excluding hydrogens is 276 g/mol. The van der Waals surface area contributed by atoms with Crippen molar-refractivity contribution in [1.82, 2.24) is 10.6 Å². The Morgan fingerprint density at radius 3 is 2.80 bits per heavy atom. The van der Waals surface area contributed by atoms with Gasteiger partial charge >= 0.3 is 0 Å². The number of hydrogen-bond donors (Lipinski definition) is 2. The van der Waals surface area contributed by atoms with E-state index in [0.29, 0.717) is 18.9 Å². The van der Waals surface area contributed by atoms with E-state index < -0.39 is 0 Å². The molecule has 1 amide bonds. The summed E-state index contributed by atoms with van der Waals surface area (Å²) >= 11 is 0. The Hall–Kier alpha value is -1.26. The van der Waals surface area contributed by atoms with Crippen LogP contribution in [0.5, 0.6) is 5.75 Å². The number of amides is 1. The molecule has 1 aliphatic rings. The van der Waals surface area contributed by atoms with Gasteiger partial charge in [-0.15, -0.1) is 12.4 Å². The first-order valence-corrected chi connectivity index (χ1v) is 6.97. The van der Waals surface area contributed by atoms with Crippen LogP contribution < -0.4 is 15.4 Å². The van der Waals surface area contributed by atoms with Crippen LogP contribution in [0.15, 0.2) is 24.3 Å². The molecule has 0 aliphatic carbocycles. The quantitative estimate of drug-likeness (QED) is 0.807. The molecule has 1 aromatic rings. The molecule has 20 heavy (non-hydrogen) atoms. The summed E-state index contributed by atoms with van der Waals surface area (Å²) in [5.41, 5.74) is 1.10. The van der Waals surface area contributed by atoms with Crippen molar-refractivity contribution >= 4 is 18.3 Å². The number of nitrogens with one attached hydrogen (secondary N) is 2. The summed E-state index contributed by atoms with van der Waals surface area (Å²) in [6.45, 7) is 5.45. The summed E-state index contributed by atoms with van der Waals surface area (Å²) in [4.78, 5) is 11.8. The average molecular weight is 299 g/mol. The molecule has 0 spiro atoms. The predicted octanol–water partition coefficient (Wildman–Crippen LogP) is 1.78. The van der Waals surface area contributed by atoms with Crippen LogP contribution in [0.2, 0.25) is 0 Å². The molecule has 2 N–H and O–H groups in total. The molecule has 1 fully saturated rings. The van der Waals surface area contributed by atoms with Crippen LogP contribution in [0.3, 0.4) is 0 Å². The van der Waals surface area contributed by atoms with Crippen LogP contribution in [0.4, 0.5) is 0 Å². The highest BCUT2D eigenvalue weighted by Gasteiger charge is 2.17. The zero-order valence-electron chi connectivity index (χ0n) is 11.9. The Bertz CT molecular complexity index is 422.